The molecule has 4 rings (SSSR count). The first kappa shape index (κ1) is 24.8. The fourth-order valence-corrected chi connectivity index (χ4v) is 3.16. The lowest BCUT2D eigenvalue weighted by Gasteiger charge is -2.10. The summed E-state index contributed by atoms with van der Waals surface area (Å²) in [5.41, 5.74) is 15.7. The monoisotopic (exact) mass is 450 g/mol. The number of benzene rings is 2. The molecule has 29 heavy (non-hydrogen) atoms. The second kappa shape index (κ2) is 12.4. The van der Waals surface area contributed by atoms with Crippen molar-refractivity contribution in [1.82, 2.24) is 9.13 Å². The van der Waals surface area contributed by atoms with Crippen molar-refractivity contribution in [2.24, 2.45) is 11.5 Å². The number of hydrogen-bond acceptors (Lipinski definition) is 2. The highest BCUT2D eigenvalue weighted by Gasteiger charge is 2.05. The van der Waals surface area contributed by atoms with Crippen LogP contribution in [-0.4, -0.2) is 9.13 Å². The first-order chi connectivity index (χ1) is 13.2. The number of aromatic nitrogens is 2. The molecule has 0 radical (unpaired) electrons. The van der Waals surface area contributed by atoms with E-state index in [9.17, 15) is 0 Å². The Labute approximate surface area is 188 Å². The van der Waals surface area contributed by atoms with Gasteiger partial charge in [0.2, 0.25) is 0 Å². The molecule has 2 heterocycles. The molecule has 0 aliphatic carbocycles. The fraction of sp³-hybridized carbons (Fsp3) is 0.0909. The summed E-state index contributed by atoms with van der Waals surface area (Å²) < 4.78 is 4.08. The number of nitrogens with two attached hydrogens (primary N) is 2. The molecule has 0 aliphatic heterocycles. The Morgan fingerprint density at radius 2 is 1.14 bits per heavy atom. The zero-order valence-electron chi connectivity index (χ0n) is 15.8. The van der Waals surface area contributed by atoms with E-state index in [-0.39, 0.29) is 24.8 Å². The van der Waals surface area contributed by atoms with E-state index in [1.165, 1.54) is 5.56 Å². The third-order valence-corrected chi connectivity index (χ3v) is 4.63. The van der Waals surface area contributed by atoms with Gasteiger partial charge in [0.25, 0.3) is 0 Å². The van der Waals surface area contributed by atoms with Gasteiger partial charge in [-0.05, 0) is 48.0 Å². The molecule has 0 atom stereocenters. The van der Waals surface area contributed by atoms with E-state index in [2.05, 4.69) is 16.7 Å². The lowest BCUT2D eigenvalue weighted by molar-refractivity contribution is 0.992. The van der Waals surface area contributed by atoms with Crippen molar-refractivity contribution in [2.75, 3.05) is 0 Å². The minimum atomic E-state index is 0. The van der Waals surface area contributed by atoms with Crippen molar-refractivity contribution in [1.29, 1.82) is 0 Å². The summed E-state index contributed by atoms with van der Waals surface area (Å²) >= 11 is 6.05. The van der Waals surface area contributed by atoms with Crippen LogP contribution < -0.4 is 11.5 Å². The summed E-state index contributed by atoms with van der Waals surface area (Å²) in [7, 11) is 0. The van der Waals surface area contributed by atoms with E-state index in [0.29, 0.717) is 13.1 Å². The van der Waals surface area contributed by atoms with Gasteiger partial charge in [-0.2, -0.15) is 0 Å². The van der Waals surface area contributed by atoms with Crippen LogP contribution in [0, 0.1) is 0 Å². The van der Waals surface area contributed by atoms with Crippen molar-refractivity contribution in [2.45, 2.75) is 13.1 Å². The van der Waals surface area contributed by atoms with Gasteiger partial charge in [-0.25, -0.2) is 0 Å². The van der Waals surface area contributed by atoms with Crippen LogP contribution in [0.3, 0.4) is 0 Å². The van der Waals surface area contributed by atoms with E-state index in [1.54, 1.807) is 0 Å². The summed E-state index contributed by atoms with van der Waals surface area (Å²) in [6.45, 7) is 1.03. The van der Waals surface area contributed by atoms with E-state index in [0.717, 1.165) is 22.0 Å². The van der Waals surface area contributed by atoms with Gasteiger partial charge in [0.15, 0.2) is 0 Å². The van der Waals surface area contributed by atoms with Crippen LogP contribution in [0.15, 0.2) is 91.5 Å². The van der Waals surface area contributed by atoms with Crippen LogP contribution in [0.4, 0.5) is 0 Å². The molecule has 154 valence electrons. The molecule has 0 amide bonds. The van der Waals surface area contributed by atoms with E-state index >= 15 is 0 Å². The third kappa shape index (κ3) is 6.13. The predicted octanol–water partition coefficient (Wildman–Crippen LogP) is 5.37. The zero-order valence-corrected chi connectivity index (χ0v) is 18.2. The maximum absolute atomic E-state index is 6.05. The Kier molecular flexibility index (Phi) is 10.6. The number of hydrogen-bond donors (Lipinski definition) is 2. The molecule has 2 aromatic heterocycles. The molecule has 0 saturated carbocycles. The topological polar surface area (TPSA) is 61.9 Å². The largest absolute Gasteiger partial charge is 0.326 e. The summed E-state index contributed by atoms with van der Waals surface area (Å²) in [6, 6.07) is 21.9. The maximum atomic E-state index is 6.05. The lowest BCUT2D eigenvalue weighted by atomic mass is 10.2. The predicted molar refractivity (Wildman–Crippen MR) is 127 cm³/mol. The molecular formula is C22H25Cl3N4. The summed E-state index contributed by atoms with van der Waals surface area (Å²) in [5.74, 6) is 0. The highest BCUT2D eigenvalue weighted by atomic mass is 35.5. The highest BCUT2D eigenvalue weighted by molar-refractivity contribution is 6.31. The minimum Gasteiger partial charge on any atom is -0.326 e. The fourth-order valence-electron chi connectivity index (χ4n) is 2.92. The SMILES string of the molecule is Cl.Cl.NCc1c(Cl)cccc1-n1cccc1.NCc1ccccc1-n1cccc1. The van der Waals surface area contributed by atoms with E-state index < -0.39 is 0 Å². The molecule has 0 fully saturated rings. The molecule has 4 aromatic rings. The summed E-state index contributed by atoms with van der Waals surface area (Å²) in [4.78, 5) is 0. The molecule has 4 N–H and O–H groups in total. The van der Waals surface area contributed by atoms with Gasteiger partial charge in [-0.1, -0.05) is 35.9 Å². The maximum Gasteiger partial charge on any atom is 0.0509 e. The summed E-state index contributed by atoms with van der Waals surface area (Å²) in [6.07, 6.45) is 8.00. The molecule has 0 bridgehead atoms. The average Bonchev–Trinajstić information content (AvgIpc) is 3.42. The molecule has 7 heteroatoms. The normalized spacial score (nSPS) is 9.62. The number of rotatable bonds is 4. The molecule has 4 nitrogen and oxygen atoms in total. The molecular weight excluding hydrogens is 427 g/mol. The van der Waals surface area contributed by atoms with Gasteiger partial charge >= 0.3 is 0 Å². The van der Waals surface area contributed by atoms with Gasteiger partial charge in [0, 0.05) is 54.2 Å². The number of nitrogens with zero attached hydrogens (tertiary/aromatic N) is 2. The van der Waals surface area contributed by atoms with Crippen molar-refractivity contribution in [3.63, 3.8) is 0 Å². The average molecular weight is 452 g/mol. The molecule has 0 spiro atoms. The molecule has 2 aromatic carbocycles. The third-order valence-electron chi connectivity index (χ3n) is 4.28. The van der Waals surface area contributed by atoms with E-state index in [4.69, 9.17) is 23.1 Å². The van der Waals surface area contributed by atoms with Crippen LogP contribution in [-0.2, 0) is 13.1 Å². The van der Waals surface area contributed by atoms with Gasteiger partial charge in [0.05, 0.1) is 5.69 Å². The van der Waals surface area contributed by atoms with Crippen molar-refractivity contribution in [3.8, 4) is 11.4 Å². The molecule has 0 saturated heterocycles. The Hall–Kier alpha value is -2.21. The highest BCUT2D eigenvalue weighted by Crippen LogP contribution is 2.22. The summed E-state index contributed by atoms with van der Waals surface area (Å²) in [5, 5.41) is 0.721. The van der Waals surface area contributed by atoms with Crippen LogP contribution in [0.5, 0.6) is 0 Å². The first-order valence-corrected chi connectivity index (χ1v) is 9.14. The minimum absolute atomic E-state index is 0. The van der Waals surface area contributed by atoms with Crippen LogP contribution >= 0.6 is 36.4 Å². The van der Waals surface area contributed by atoms with Gasteiger partial charge in [-0.3, -0.25) is 0 Å². The van der Waals surface area contributed by atoms with Crippen LogP contribution in [0.1, 0.15) is 11.1 Å². The Morgan fingerprint density at radius 1 is 0.621 bits per heavy atom. The van der Waals surface area contributed by atoms with Gasteiger partial charge < -0.3 is 20.6 Å². The van der Waals surface area contributed by atoms with Gasteiger partial charge in [-0.15, -0.1) is 24.8 Å². The first-order valence-electron chi connectivity index (χ1n) is 8.76. The number of halogens is 3. The Balaban J connectivity index is 0.000000272. The van der Waals surface area contributed by atoms with Crippen molar-refractivity contribution < 1.29 is 0 Å². The number of para-hydroxylation sites is 1. The standard InChI is InChI=1S/C11H11ClN2.C11H12N2.2ClH/c12-10-4-3-5-11(9(10)8-13)14-6-1-2-7-14;12-9-10-5-1-2-6-11(10)13-7-3-4-8-13;;/h1-7H,8,13H2;1-8H,9,12H2;2*1H. The second-order valence-electron chi connectivity index (χ2n) is 5.96. The zero-order chi connectivity index (χ0) is 19.1. The van der Waals surface area contributed by atoms with Crippen molar-refractivity contribution in [3.05, 3.63) is 108 Å². The molecule has 0 unspecified atom stereocenters. The van der Waals surface area contributed by atoms with Crippen LogP contribution in [0.25, 0.3) is 11.4 Å². The van der Waals surface area contributed by atoms with Gasteiger partial charge in [0.1, 0.15) is 0 Å². The lowest BCUT2D eigenvalue weighted by Crippen LogP contribution is -2.03. The molecule has 0 aliphatic rings. The van der Waals surface area contributed by atoms with Crippen molar-refractivity contribution >= 4 is 36.4 Å². The van der Waals surface area contributed by atoms with E-state index in [1.807, 2.05) is 84.0 Å². The van der Waals surface area contributed by atoms with Crippen LogP contribution in [0.2, 0.25) is 5.02 Å². The Bertz CT molecular complexity index is 968. The Morgan fingerprint density at radius 3 is 1.69 bits per heavy atom. The quantitative estimate of drug-likeness (QED) is 0.438. The smallest absolute Gasteiger partial charge is 0.0509 e. The second-order valence-corrected chi connectivity index (χ2v) is 6.36.